The van der Waals surface area contributed by atoms with Gasteiger partial charge in [-0.15, -0.1) is 0 Å². The average Bonchev–Trinajstić information content (AvgIpc) is 3.45. The molecule has 1 saturated carbocycles. The highest BCUT2D eigenvalue weighted by molar-refractivity contribution is 6.05. The van der Waals surface area contributed by atoms with Crippen molar-refractivity contribution < 1.29 is 27.1 Å². The first kappa shape index (κ1) is 25.1. The van der Waals surface area contributed by atoms with Crippen LogP contribution in [0.1, 0.15) is 90.8 Å². The van der Waals surface area contributed by atoms with E-state index in [0.29, 0.717) is 24.2 Å². The summed E-state index contributed by atoms with van der Waals surface area (Å²) in [7, 11) is 0. The van der Waals surface area contributed by atoms with Gasteiger partial charge in [0.25, 0.3) is 23.3 Å². The van der Waals surface area contributed by atoms with Crippen molar-refractivity contribution >= 4 is 16.8 Å². The Kier molecular flexibility index (Phi) is 5.89. The van der Waals surface area contributed by atoms with Gasteiger partial charge >= 0.3 is 0 Å². The Morgan fingerprint density at radius 1 is 1.18 bits per heavy atom. The summed E-state index contributed by atoms with van der Waals surface area (Å²) in [5.74, 6) is -6.33. The van der Waals surface area contributed by atoms with Crippen molar-refractivity contribution in [2.24, 2.45) is 0 Å². The topological polar surface area (TPSA) is 78.2 Å². The largest absolute Gasteiger partial charge is 0.357 e. The molecule has 3 aliphatic rings. The van der Waals surface area contributed by atoms with E-state index in [9.17, 15) is 27.2 Å². The van der Waals surface area contributed by atoms with Crippen LogP contribution in [0, 0.1) is 0 Å². The predicted molar refractivity (Wildman–Crippen MR) is 131 cm³/mol. The van der Waals surface area contributed by atoms with Crippen LogP contribution < -0.4 is 10.9 Å². The molecule has 6 rings (SSSR count). The van der Waals surface area contributed by atoms with Crippen molar-refractivity contribution in [3.63, 3.8) is 0 Å². The first-order chi connectivity index (χ1) is 18.0. The molecule has 11 heteroatoms. The molecule has 1 aromatic carbocycles. The van der Waals surface area contributed by atoms with Crippen molar-refractivity contribution in [3.8, 4) is 0 Å². The summed E-state index contributed by atoms with van der Waals surface area (Å²) in [6.07, 6.45) is 3.92. The van der Waals surface area contributed by atoms with Crippen molar-refractivity contribution in [1.29, 1.82) is 0 Å². The zero-order chi connectivity index (χ0) is 26.8. The molecule has 2 aliphatic carbocycles. The molecular weight excluding hydrogens is 504 g/mol. The molecule has 7 nitrogen and oxygen atoms in total. The minimum Gasteiger partial charge on any atom is -0.357 e. The fourth-order valence-corrected chi connectivity index (χ4v) is 5.89. The van der Waals surface area contributed by atoms with Crippen molar-refractivity contribution in [2.45, 2.75) is 82.0 Å². The molecule has 1 amide bonds. The van der Waals surface area contributed by atoms with Crippen LogP contribution in [0.2, 0.25) is 0 Å². The zero-order valence-electron chi connectivity index (χ0n) is 20.9. The van der Waals surface area contributed by atoms with E-state index >= 15 is 0 Å². The molecule has 1 saturated heterocycles. The molecule has 1 aliphatic heterocycles. The standard InChI is InChI=1S/C27H28F4N4O3/c1-15(17-5-4-6-21-18(17)8-9-27(21,30)31)32-24(36)19-13-34(16-11-26(28,29)12-16)25(37)20-14-35(33-23(19)20)22-7-2-3-10-38-22/h4-6,13-16,22H,2-3,7-12H2,1H3,(H,32,36)/t15-,22?/m1/s1. The number of alkyl halides is 4. The van der Waals surface area contributed by atoms with E-state index in [0.717, 1.165) is 12.8 Å². The van der Waals surface area contributed by atoms with Gasteiger partial charge in [0.05, 0.1) is 17.0 Å². The molecule has 2 atom stereocenters. The van der Waals surface area contributed by atoms with Gasteiger partial charge in [-0.2, -0.15) is 5.10 Å². The summed E-state index contributed by atoms with van der Waals surface area (Å²) in [6.45, 7) is 2.26. The number of carbonyl (C=O) groups is 1. The normalized spacial score (nSPS) is 23.1. The van der Waals surface area contributed by atoms with E-state index in [1.165, 1.54) is 27.7 Å². The number of hydrogen-bond donors (Lipinski definition) is 1. The Morgan fingerprint density at radius 2 is 1.97 bits per heavy atom. The van der Waals surface area contributed by atoms with Crippen LogP contribution in [-0.4, -0.2) is 32.8 Å². The number of aromatic nitrogens is 3. The third kappa shape index (κ3) is 4.20. The van der Waals surface area contributed by atoms with Gasteiger partial charge in [-0.25, -0.2) is 22.2 Å². The maximum absolute atomic E-state index is 14.3. The Morgan fingerprint density at radius 3 is 2.68 bits per heavy atom. The lowest BCUT2D eigenvalue weighted by Gasteiger charge is -2.36. The molecule has 3 heterocycles. The van der Waals surface area contributed by atoms with Crippen LogP contribution >= 0.6 is 0 Å². The van der Waals surface area contributed by atoms with Gasteiger partial charge in [-0.3, -0.25) is 9.59 Å². The van der Waals surface area contributed by atoms with Crippen LogP contribution in [0.15, 0.2) is 35.4 Å². The summed E-state index contributed by atoms with van der Waals surface area (Å²) >= 11 is 0. The van der Waals surface area contributed by atoms with Gasteiger partial charge in [-0.1, -0.05) is 18.2 Å². The maximum atomic E-state index is 14.3. The molecule has 2 fully saturated rings. The number of nitrogens with zero attached hydrogens (tertiary/aromatic N) is 3. The second-order valence-corrected chi connectivity index (χ2v) is 10.6. The Hall–Kier alpha value is -3.21. The van der Waals surface area contributed by atoms with E-state index < -0.39 is 48.2 Å². The Bertz CT molecular complexity index is 1470. The number of rotatable bonds is 5. The van der Waals surface area contributed by atoms with E-state index in [1.54, 1.807) is 19.1 Å². The van der Waals surface area contributed by atoms with Crippen LogP contribution in [0.3, 0.4) is 0 Å². The van der Waals surface area contributed by atoms with E-state index in [-0.39, 0.29) is 41.1 Å². The summed E-state index contributed by atoms with van der Waals surface area (Å²) in [5.41, 5.74) is 0.822. The van der Waals surface area contributed by atoms with Crippen molar-refractivity contribution in [1.82, 2.24) is 19.7 Å². The average molecular weight is 533 g/mol. The number of nitrogens with one attached hydrogen (secondary N) is 1. The first-order valence-electron chi connectivity index (χ1n) is 13.0. The SMILES string of the molecule is C[C@@H](NC(=O)c1cn(C2CC(F)(F)C2)c(=O)c2cn(C3CCCCO3)nc12)c1cccc2c1CCC2(F)F. The smallest absolute Gasteiger partial charge is 0.273 e. The predicted octanol–water partition coefficient (Wildman–Crippen LogP) is 5.40. The quantitative estimate of drug-likeness (QED) is 0.447. The molecule has 3 aromatic rings. The molecule has 202 valence electrons. The van der Waals surface area contributed by atoms with Crippen molar-refractivity contribution in [3.05, 3.63) is 63.2 Å². The number of ether oxygens (including phenoxy) is 1. The molecular formula is C27H28F4N4O3. The number of hydrogen-bond acceptors (Lipinski definition) is 4. The van der Waals surface area contributed by atoms with E-state index in [4.69, 9.17) is 4.74 Å². The molecule has 1 unspecified atom stereocenters. The lowest BCUT2D eigenvalue weighted by Crippen LogP contribution is -2.41. The first-order valence-corrected chi connectivity index (χ1v) is 13.0. The molecule has 0 spiro atoms. The minimum absolute atomic E-state index is 0.0239. The molecule has 38 heavy (non-hydrogen) atoms. The second-order valence-electron chi connectivity index (χ2n) is 10.6. The molecule has 0 bridgehead atoms. The van der Waals surface area contributed by atoms with Gasteiger partial charge in [0, 0.05) is 49.9 Å². The summed E-state index contributed by atoms with van der Waals surface area (Å²) in [6, 6.07) is 3.33. The maximum Gasteiger partial charge on any atom is 0.273 e. The van der Waals surface area contributed by atoms with Crippen LogP contribution in [0.5, 0.6) is 0 Å². The summed E-state index contributed by atoms with van der Waals surface area (Å²) in [5, 5.41) is 7.53. The lowest BCUT2D eigenvalue weighted by molar-refractivity contribution is -0.104. The Balaban J connectivity index is 1.37. The van der Waals surface area contributed by atoms with Gasteiger partial charge in [-0.05, 0) is 43.7 Å². The van der Waals surface area contributed by atoms with Gasteiger partial charge in [0.1, 0.15) is 11.7 Å². The van der Waals surface area contributed by atoms with Crippen LogP contribution in [0.4, 0.5) is 17.6 Å². The number of pyridine rings is 1. The Labute approximate surface area is 215 Å². The highest BCUT2D eigenvalue weighted by atomic mass is 19.3. The lowest BCUT2D eigenvalue weighted by atomic mass is 9.87. The summed E-state index contributed by atoms with van der Waals surface area (Å²) in [4.78, 5) is 26.9. The minimum atomic E-state index is -2.91. The molecule has 0 radical (unpaired) electrons. The summed E-state index contributed by atoms with van der Waals surface area (Å²) < 4.78 is 64.4. The van der Waals surface area contributed by atoms with Crippen molar-refractivity contribution in [2.75, 3.05) is 6.61 Å². The van der Waals surface area contributed by atoms with E-state index in [2.05, 4.69) is 10.4 Å². The highest BCUT2D eigenvalue weighted by Gasteiger charge is 2.47. The third-order valence-electron chi connectivity index (χ3n) is 7.99. The number of carbonyl (C=O) groups excluding carboxylic acids is 1. The number of fused-ring (bicyclic) bond motifs is 2. The zero-order valence-corrected chi connectivity index (χ0v) is 20.9. The van der Waals surface area contributed by atoms with Gasteiger partial charge < -0.3 is 14.6 Å². The monoisotopic (exact) mass is 532 g/mol. The highest BCUT2D eigenvalue weighted by Crippen LogP contribution is 2.45. The number of amides is 1. The van der Waals surface area contributed by atoms with Gasteiger partial charge in [0.15, 0.2) is 0 Å². The van der Waals surface area contributed by atoms with Gasteiger partial charge in [0.2, 0.25) is 0 Å². The number of halogens is 4. The van der Waals surface area contributed by atoms with Crippen LogP contribution in [0.25, 0.3) is 10.9 Å². The second kappa shape index (κ2) is 8.93. The van der Waals surface area contributed by atoms with Crippen LogP contribution in [-0.2, 0) is 17.1 Å². The number of benzene rings is 1. The fraction of sp³-hybridized carbons (Fsp3) is 0.519. The molecule has 1 N–H and O–H groups in total. The van der Waals surface area contributed by atoms with E-state index in [1.807, 2.05) is 0 Å². The third-order valence-corrected chi connectivity index (χ3v) is 7.99. The molecule has 2 aromatic heterocycles. The fourth-order valence-electron chi connectivity index (χ4n) is 5.89.